The van der Waals surface area contributed by atoms with Crippen LogP contribution in [0.25, 0.3) is 11.1 Å². The third-order valence-electron chi connectivity index (χ3n) is 7.61. The van der Waals surface area contributed by atoms with Gasteiger partial charge in [0.05, 0.1) is 18.4 Å². The molecule has 7 nitrogen and oxygen atoms in total. The van der Waals surface area contributed by atoms with Crippen molar-refractivity contribution in [1.82, 2.24) is 10.2 Å². The summed E-state index contributed by atoms with van der Waals surface area (Å²) in [7, 11) is 0. The molecule has 0 bridgehead atoms. The van der Waals surface area contributed by atoms with E-state index in [1.165, 1.54) is 11.1 Å². The number of aliphatic carboxylic acids is 1. The van der Waals surface area contributed by atoms with E-state index in [0.717, 1.165) is 24.0 Å². The standard InChI is InChI=1S/C27H30N2O5/c1-17-14-29(15-18(17)12-25(31)32)24(30)13-27(10-11-27)28-26(33)34-16-23-21-8-4-2-6-19(21)20-7-3-5-9-22(20)23/h2-9,17-18,23H,10-16H2,1H3,(H,28,33)(H,31,32). The first kappa shape index (κ1) is 22.4. The van der Waals surface area contributed by atoms with E-state index in [1.54, 1.807) is 4.90 Å². The van der Waals surface area contributed by atoms with E-state index in [1.807, 2.05) is 31.2 Å². The first-order valence-corrected chi connectivity index (χ1v) is 12.0. The molecule has 1 saturated heterocycles. The van der Waals surface area contributed by atoms with E-state index in [0.29, 0.717) is 13.1 Å². The molecule has 3 aliphatic rings. The van der Waals surface area contributed by atoms with Gasteiger partial charge in [0, 0.05) is 19.0 Å². The van der Waals surface area contributed by atoms with Crippen LogP contribution in [0.1, 0.15) is 49.7 Å². The molecule has 34 heavy (non-hydrogen) atoms. The van der Waals surface area contributed by atoms with E-state index in [-0.39, 0.29) is 43.1 Å². The zero-order valence-corrected chi connectivity index (χ0v) is 19.3. The van der Waals surface area contributed by atoms with Crippen LogP contribution in [0.5, 0.6) is 0 Å². The van der Waals surface area contributed by atoms with Crippen LogP contribution in [0.4, 0.5) is 4.79 Å². The van der Waals surface area contributed by atoms with E-state index < -0.39 is 17.6 Å². The molecule has 1 saturated carbocycles. The SMILES string of the molecule is CC1CN(C(=O)CC2(NC(=O)OCC3c4ccccc4-c4ccccc43)CC2)CC1CC(=O)O. The molecule has 2 amide bonds. The average Bonchev–Trinajstić information content (AvgIpc) is 3.34. The highest BCUT2D eigenvalue weighted by molar-refractivity contribution is 5.81. The lowest BCUT2D eigenvalue weighted by Crippen LogP contribution is -2.42. The number of likely N-dealkylation sites (tertiary alicyclic amines) is 1. The number of hydrogen-bond acceptors (Lipinski definition) is 4. The van der Waals surface area contributed by atoms with Crippen molar-refractivity contribution in [2.45, 2.75) is 44.1 Å². The minimum Gasteiger partial charge on any atom is -0.481 e. The Balaban J connectivity index is 1.17. The number of carbonyl (C=O) groups excluding carboxylic acids is 2. The highest BCUT2D eigenvalue weighted by Gasteiger charge is 2.48. The van der Waals surface area contributed by atoms with Crippen molar-refractivity contribution in [3.05, 3.63) is 59.7 Å². The minimum atomic E-state index is -0.832. The molecule has 1 heterocycles. The second-order valence-corrected chi connectivity index (χ2v) is 10.0. The predicted octanol–water partition coefficient (Wildman–Crippen LogP) is 4.02. The smallest absolute Gasteiger partial charge is 0.407 e. The summed E-state index contributed by atoms with van der Waals surface area (Å²) in [5.41, 5.74) is 4.13. The van der Waals surface area contributed by atoms with Crippen molar-refractivity contribution in [2.75, 3.05) is 19.7 Å². The Bertz CT molecular complexity index is 1080. The molecule has 0 radical (unpaired) electrons. The van der Waals surface area contributed by atoms with Gasteiger partial charge in [-0.05, 0) is 46.9 Å². The van der Waals surface area contributed by atoms with Crippen molar-refractivity contribution in [1.29, 1.82) is 0 Å². The monoisotopic (exact) mass is 462 g/mol. The number of carbonyl (C=O) groups is 3. The lowest BCUT2D eigenvalue weighted by Gasteiger charge is -2.22. The summed E-state index contributed by atoms with van der Waals surface area (Å²) in [5, 5.41) is 12.0. The highest BCUT2D eigenvalue weighted by Crippen LogP contribution is 2.45. The average molecular weight is 463 g/mol. The Hall–Kier alpha value is -3.35. The molecule has 2 fully saturated rings. The maximum Gasteiger partial charge on any atom is 0.407 e. The molecule has 0 aromatic heterocycles. The number of benzene rings is 2. The Morgan fingerprint density at radius 1 is 1.03 bits per heavy atom. The second-order valence-electron chi connectivity index (χ2n) is 10.0. The maximum atomic E-state index is 12.9. The molecular weight excluding hydrogens is 432 g/mol. The number of carboxylic acid groups (broad SMARTS) is 1. The van der Waals surface area contributed by atoms with E-state index in [9.17, 15) is 14.4 Å². The van der Waals surface area contributed by atoms with E-state index in [4.69, 9.17) is 9.84 Å². The van der Waals surface area contributed by atoms with Gasteiger partial charge < -0.3 is 20.1 Å². The number of rotatable bonds is 7. The molecule has 1 aliphatic heterocycles. The van der Waals surface area contributed by atoms with Crippen molar-refractivity contribution in [3.63, 3.8) is 0 Å². The topological polar surface area (TPSA) is 95.9 Å². The number of amides is 2. The molecule has 2 aliphatic carbocycles. The fourth-order valence-corrected chi connectivity index (χ4v) is 5.48. The number of fused-ring (bicyclic) bond motifs is 3. The number of hydrogen-bond donors (Lipinski definition) is 2. The van der Waals surface area contributed by atoms with Crippen molar-refractivity contribution < 1.29 is 24.2 Å². The van der Waals surface area contributed by atoms with Gasteiger partial charge in [-0.25, -0.2) is 4.79 Å². The van der Waals surface area contributed by atoms with Gasteiger partial charge in [-0.1, -0.05) is 55.5 Å². The summed E-state index contributed by atoms with van der Waals surface area (Å²) in [5.74, 6) is -0.734. The lowest BCUT2D eigenvalue weighted by molar-refractivity contribution is -0.138. The largest absolute Gasteiger partial charge is 0.481 e. The van der Waals surface area contributed by atoms with Crippen molar-refractivity contribution >= 4 is 18.0 Å². The lowest BCUT2D eigenvalue weighted by atomic mass is 9.95. The number of nitrogens with zero attached hydrogens (tertiary/aromatic N) is 1. The van der Waals surface area contributed by atoms with E-state index in [2.05, 4.69) is 29.6 Å². The third-order valence-corrected chi connectivity index (χ3v) is 7.61. The maximum absolute atomic E-state index is 12.9. The third kappa shape index (κ3) is 4.39. The zero-order valence-electron chi connectivity index (χ0n) is 19.3. The van der Waals surface area contributed by atoms with Gasteiger partial charge in [-0.3, -0.25) is 9.59 Å². The summed E-state index contributed by atoms with van der Waals surface area (Å²) in [6, 6.07) is 16.4. The minimum absolute atomic E-state index is 0.00723. The quantitative estimate of drug-likeness (QED) is 0.648. The molecule has 0 spiro atoms. The van der Waals surface area contributed by atoms with Crippen LogP contribution in [0.15, 0.2) is 48.5 Å². The van der Waals surface area contributed by atoms with Crippen molar-refractivity contribution in [2.24, 2.45) is 11.8 Å². The van der Waals surface area contributed by atoms with Crippen LogP contribution < -0.4 is 5.32 Å². The second kappa shape index (κ2) is 8.78. The summed E-state index contributed by atoms with van der Waals surface area (Å²) < 4.78 is 5.66. The molecule has 2 aromatic carbocycles. The number of alkyl carbamates (subject to hydrolysis) is 1. The Morgan fingerprint density at radius 2 is 1.65 bits per heavy atom. The molecule has 7 heteroatoms. The summed E-state index contributed by atoms with van der Waals surface area (Å²) in [6.45, 7) is 3.26. The molecule has 2 unspecified atom stereocenters. The molecule has 2 atom stereocenters. The van der Waals surface area contributed by atoms with Crippen LogP contribution in [-0.4, -0.2) is 53.2 Å². The summed E-state index contributed by atoms with van der Waals surface area (Å²) in [4.78, 5) is 38.4. The Kier molecular flexibility index (Phi) is 5.80. The fourth-order valence-electron chi connectivity index (χ4n) is 5.48. The Morgan fingerprint density at radius 3 is 2.24 bits per heavy atom. The van der Waals surface area contributed by atoms with Gasteiger partial charge >= 0.3 is 12.1 Å². The van der Waals surface area contributed by atoms with Gasteiger partial charge in [0.15, 0.2) is 0 Å². The van der Waals surface area contributed by atoms with Gasteiger partial charge in [-0.15, -0.1) is 0 Å². The van der Waals surface area contributed by atoms with Crippen LogP contribution >= 0.6 is 0 Å². The first-order valence-electron chi connectivity index (χ1n) is 12.0. The van der Waals surface area contributed by atoms with Gasteiger partial charge in [0.2, 0.25) is 5.91 Å². The van der Waals surface area contributed by atoms with Gasteiger partial charge in [0.25, 0.3) is 0 Å². The number of nitrogens with one attached hydrogen (secondary N) is 1. The molecule has 2 N–H and O–H groups in total. The predicted molar refractivity (Wildman–Crippen MR) is 126 cm³/mol. The number of carboxylic acids is 1. The normalized spacial score (nSPS) is 22.1. The van der Waals surface area contributed by atoms with Crippen LogP contribution in [0, 0.1) is 11.8 Å². The van der Waals surface area contributed by atoms with Gasteiger partial charge in [0.1, 0.15) is 6.61 Å². The Labute approximate surface area is 199 Å². The summed E-state index contributed by atoms with van der Waals surface area (Å²) >= 11 is 0. The highest BCUT2D eigenvalue weighted by atomic mass is 16.5. The van der Waals surface area contributed by atoms with E-state index >= 15 is 0 Å². The summed E-state index contributed by atoms with van der Waals surface area (Å²) in [6.07, 6.45) is 1.29. The molecular formula is C27H30N2O5. The first-order chi connectivity index (χ1) is 16.3. The van der Waals surface area contributed by atoms with Crippen LogP contribution in [0.3, 0.4) is 0 Å². The van der Waals surface area contributed by atoms with Crippen LogP contribution in [0.2, 0.25) is 0 Å². The zero-order chi connectivity index (χ0) is 23.9. The molecule has 2 aromatic rings. The fraction of sp³-hybridized carbons (Fsp3) is 0.444. The van der Waals surface area contributed by atoms with Crippen molar-refractivity contribution in [3.8, 4) is 11.1 Å². The van der Waals surface area contributed by atoms with Crippen LogP contribution in [-0.2, 0) is 14.3 Å². The number of ether oxygens (including phenoxy) is 1. The molecule has 5 rings (SSSR count). The van der Waals surface area contributed by atoms with Gasteiger partial charge in [-0.2, -0.15) is 0 Å². The molecule has 178 valence electrons.